The number of carbonyl (C=O) groups excluding carboxylic acids is 2. The van der Waals surface area contributed by atoms with Crippen molar-refractivity contribution in [3.8, 4) is 5.75 Å². The SMILES string of the molecule is CCOc1ccc(C[C@H](N)C(=O)N(CCN)C(=O)OC(C)(C)C)cc1. The van der Waals surface area contributed by atoms with Crippen LogP contribution >= 0.6 is 0 Å². The molecule has 0 aliphatic carbocycles. The minimum absolute atomic E-state index is 0.0602. The van der Waals surface area contributed by atoms with Gasteiger partial charge in [0, 0.05) is 13.1 Å². The Kier molecular flexibility index (Phi) is 7.86. The third-order valence-corrected chi connectivity index (χ3v) is 3.24. The fourth-order valence-electron chi connectivity index (χ4n) is 2.17. The van der Waals surface area contributed by atoms with Gasteiger partial charge in [0.1, 0.15) is 11.4 Å². The molecule has 0 radical (unpaired) electrons. The first kappa shape index (κ1) is 20.9. The monoisotopic (exact) mass is 351 g/mol. The standard InChI is InChI=1S/C18H29N3O4/c1-5-24-14-8-6-13(7-9-14)12-15(20)16(22)21(11-10-19)17(23)25-18(2,3)4/h6-9,15H,5,10-12,19-20H2,1-4H3/t15-/m0/s1. The maximum Gasteiger partial charge on any atom is 0.417 e. The molecule has 2 amide bonds. The zero-order valence-electron chi connectivity index (χ0n) is 15.5. The minimum Gasteiger partial charge on any atom is -0.494 e. The van der Waals surface area contributed by atoms with E-state index in [2.05, 4.69) is 0 Å². The van der Waals surface area contributed by atoms with E-state index in [1.807, 2.05) is 31.2 Å². The van der Waals surface area contributed by atoms with Gasteiger partial charge in [-0.1, -0.05) is 12.1 Å². The van der Waals surface area contributed by atoms with E-state index in [9.17, 15) is 9.59 Å². The molecule has 7 heteroatoms. The molecule has 0 bridgehead atoms. The number of hydrogen-bond acceptors (Lipinski definition) is 6. The Morgan fingerprint density at radius 1 is 1.20 bits per heavy atom. The highest BCUT2D eigenvalue weighted by Gasteiger charge is 2.30. The summed E-state index contributed by atoms with van der Waals surface area (Å²) in [4.78, 5) is 25.7. The van der Waals surface area contributed by atoms with Gasteiger partial charge in [-0.3, -0.25) is 4.79 Å². The van der Waals surface area contributed by atoms with E-state index in [1.54, 1.807) is 20.8 Å². The summed E-state index contributed by atoms with van der Waals surface area (Å²) in [5.41, 5.74) is 11.7. The van der Waals surface area contributed by atoms with Gasteiger partial charge in [0.15, 0.2) is 0 Å². The van der Waals surface area contributed by atoms with E-state index in [-0.39, 0.29) is 13.1 Å². The second-order valence-electron chi connectivity index (χ2n) is 6.65. The van der Waals surface area contributed by atoms with Gasteiger partial charge in [-0.2, -0.15) is 0 Å². The zero-order chi connectivity index (χ0) is 19.0. The van der Waals surface area contributed by atoms with Gasteiger partial charge in [0.05, 0.1) is 12.6 Å². The van der Waals surface area contributed by atoms with Gasteiger partial charge in [-0.15, -0.1) is 0 Å². The van der Waals surface area contributed by atoms with Crippen LogP contribution in [0.1, 0.15) is 33.3 Å². The summed E-state index contributed by atoms with van der Waals surface area (Å²) in [5, 5.41) is 0. The zero-order valence-corrected chi connectivity index (χ0v) is 15.5. The van der Waals surface area contributed by atoms with Crippen LogP contribution in [0.25, 0.3) is 0 Å². The number of benzene rings is 1. The number of hydrogen-bond donors (Lipinski definition) is 2. The van der Waals surface area contributed by atoms with E-state index < -0.39 is 23.6 Å². The third-order valence-electron chi connectivity index (χ3n) is 3.24. The highest BCUT2D eigenvalue weighted by molar-refractivity contribution is 5.95. The highest BCUT2D eigenvalue weighted by atomic mass is 16.6. The van der Waals surface area contributed by atoms with Crippen LogP contribution in [0.15, 0.2) is 24.3 Å². The lowest BCUT2D eigenvalue weighted by atomic mass is 10.1. The average Bonchev–Trinajstić information content (AvgIpc) is 2.52. The summed E-state index contributed by atoms with van der Waals surface area (Å²) in [6, 6.07) is 6.47. The smallest absolute Gasteiger partial charge is 0.417 e. The van der Waals surface area contributed by atoms with E-state index in [0.29, 0.717) is 13.0 Å². The van der Waals surface area contributed by atoms with Crippen molar-refractivity contribution in [2.24, 2.45) is 11.5 Å². The van der Waals surface area contributed by atoms with Crippen molar-refractivity contribution in [1.82, 2.24) is 4.90 Å². The lowest BCUT2D eigenvalue weighted by Gasteiger charge is -2.27. The highest BCUT2D eigenvalue weighted by Crippen LogP contribution is 2.15. The largest absolute Gasteiger partial charge is 0.494 e. The molecule has 4 N–H and O–H groups in total. The quantitative estimate of drug-likeness (QED) is 0.774. The van der Waals surface area contributed by atoms with Crippen LogP contribution in [0.2, 0.25) is 0 Å². The topological polar surface area (TPSA) is 108 Å². The molecule has 140 valence electrons. The Morgan fingerprint density at radius 3 is 2.28 bits per heavy atom. The molecule has 0 fully saturated rings. The summed E-state index contributed by atoms with van der Waals surface area (Å²) < 4.78 is 10.6. The Bertz CT molecular complexity index is 567. The maximum atomic E-state index is 12.6. The molecular formula is C18H29N3O4. The predicted octanol–water partition coefficient (Wildman–Crippen LogP) is 1.68. The van der Waals surface area contributed by atoms with Gasteiger partial charge < -0.3 is 20.9 Å². The lowest BCUT2D eigenvalue weighted by Crippen LogP contribution is -2.50. The Balaban J connectivity index is 2.77. The molecular weight excluding hydrogens is 322 g/mol. The summed E-state index contributed by atoms with van der Waals surface area (Å²) >= 11 is 0. The fourth-order valence-corrected chi connectivity index (χ4v) is 2.17. The van der Waals surface area contributed by atoms with Gasteiger partial charge in [0.25, 0.3) is 0 Å². The number of nitrogens with two attached hydrogens (primary N) is 2. The van der Waals surface area contributed by atoms with Crippen molar-refractivity contribution in [1.29, 1.82) is 0 Å². The lowest BCUT2D eigenvalue weighted by molar-refractivity contribution is -0.131. The maximum absolute atomic E-state index is 12.6. The molecule has 0 heterocycles. The van der Waals surface area contributed by atoms with Gasteiger partial charge >= 0.3 is 6.09 Å². The van der Waals surface area contributed by atoms with Gasteiger partial charge in [0.2, 0.25) is 5.91 Å². The minimum atomic E-state index is -0.864. The summed E-state index contributed by atoms with van der Waals surface area (Å²) in [6.07, 6.45) is -0.431. The normalized spacial score (nSPS) is 12.4. The molecule has 0 spiro atoms. The molecule has 1 rings (SSSR count). The van der Waals surface area contributed by atoms with Crippen molar-refractivity contribution >= 4 is 12.0 Å². The summed E-state index contributed by atoms with van der Waals surface area (Å²) in [7, 11) is 0. The second-order valence-corrected chi connectivity index (χ2v) is 6.65. The first-order chi connectivity index (χ1) is 11.7. The molecule has 25 heavy (non-hydrogen) atoms. The first-order valence-corrected chi connectivity index (χ1v) is 8.39. The molecule has 0 saturated heterocycles. The van der Waals surface area contributed by atoms with Crippen LogP contribution in [0, 0.1) is 0 Å². The van der Waals surface area contributed by atoms with Crippen LogP contribution in [0.3, 0.4) is 0 Å². The Morgan fingerprint density at radius 2 is 1.80 bits per heavy atom. The van der Waals surface area contributed by atoms with Crippen LogP contribution in [-0.4, -0.2) is 48.2 Å². The van der Waals surface area contributed by atoms with Crippen LogP contribution < -0.4 is 16.2 Å². The number of imide groups is 1. The van der Waals surface area contributed by atoms with Crippen LogP contribution in [0.5, 0.6) is 5.75 Å². The van der Waals surface area contributed by atoms with Crippen LogP contribution in [-0.2, 0) is 16.0 Å². The molecule has 1 atom stereocenters. The number of rotatable bonds is 7. The van der Waals surface area contributed by atoms with Crippen molar-refractivity contribution in [2.75, 3.05) is 19.7 Å². The predicted molar refractivity (Wildman–Crippen MR) is 96.3 cm³/mol. The molecule has 0 aliphatic rings. The summed E-state index contributed by atoms with van der Waals surface area (Å²) in [6.45, 7) is 7.89. The molecule has 0 aliphatic heterocycles. The van der Waals surface area contributed by atoms with E-state index in [4.69, 9.17) is 20.9 Å². The molecule has 1 aromatic carbocycles. The molecule has 0 saturated carbocycles. The van der Waals surface area contributed by atoms with Gasteiger partial charge in [-0.05, 0) is 51.8 Å². The first-order valence-electron chi connectivity index (χ1n) is 8.39. The van der Waals surface area contributed by atoms with E-state index in [0.717, 1.165) is 16.2 Å². The van der Waals surface area contributed by atoms with Crippen LogP contribution in [0.4, 0.5) is 4.79 Å². The second kappa shape index (κ2) is 9.39. The molecule has 0 unspecified atom stereocenters. The van der Waals surface area contributed by atoms with Crippen molar-refractivity contribution in [3.63, 3.8) is 0 Å². The Labute approximate surface area is 149 Å². The molecule has 0 aromatic heterocycles. The Hall–Kier alpha value is -2.12. The molecule has 1 aromatic rings. The number of amides is 2. The summed E-state index contributed by atoms with van der Waals surface area (Å²) in [5.74, 6) is 0.248. The third kappa shape index (κ3) is 7.11. The van der Waals surface area contributed by atoms with Crippen molar-refractivity contribution < 1.29 is 19.1 Å². The van der Waals surface area contributed by atoms with Crippen molar-refractivity contribution in [3.05, 3.63) is 29.8 Å². The van der Waals surface area contributed by atoms with Gasteiger partial charge in [-0.25, -0.2) is 9.69 Å². The number of carbonyl (C=O) groups is 2. The van der Waals surface area contributed by atoms with E-state index >= 15 is 0 Å². The fraction of sp³-hybridized carbons (Fsp3) is 0.556. The van der Waals surface area contributed by atoms with E-state index in [1.165, 1.54) is 0 Å². The number of nitrogens with zero attached hydrogens (tertiary/aromatic N) is 1. The average molecular weight is 351 g/mol. The van der Waals surface area contributed by atoms with Crippen molar-refractivity contribution in [2.45, 2.75) is 45.8 Å². The number of ether oxygens (including phenoxy) is 2. The molecule has 7 nitrogen and oxygen atoms in total.